The van der Waals surface area contributed by atoms with Gasteiger partial charge in [0.15, 0.2) is 0 Å². The van der Waals surface area contributed by atoms with E-state index in [4.69, 9.17) is 27.8 Å². The first-order valence-electron chi connectivity index (χ1n) is 7.72. The highest BCUT2D eigenvalue weighted by molar-refractivity contribution is 6.30. The average molecular weight is 357 g/mol. The molecule has 4 rings (SSSR count). The van der Waals surface area contributed by atoms with Crippen molar-refractivity contribution in [2.24, 2.45) is 0 Å². The maximum Gasteiger partial charge on any atom is 0.131 e. The van der Waals surface area contributed by atoms with Gasteiger partial charge in [-0.25, -0.2) is 4.63 Å². The highest BCUT2D eigenvalue weighted by Crippen LogP contribution is 2.37. The monoisotopic (exact) mass is 356 g/mol. The molecule has 3 aromatic rings. The fourth-order valence-corrected chi connectivity index (χ4v) is 3.35. The molecule has 2 aromatic carbocycles. The molecule has 0 saturated carbocycles. The second kappa shape index (κ2) is 6.42. The summed E-state index contributed by atoms with van der Waals surface area (Å²) in [4.78, 5) is 0. The molecule has 1 unspecified atom stereocenters. The van der Waals surface area contributed by atoms with Gasteiger partial charge in [-0.15, -0.1) is 0 Å². The molecule has 0 saturated heterocycles. The minimum Gasteiger partial charge on any atom is -0.244 e. The number of hydrogen-bond acceptors (Lipinski definition) is 3. The van der Waals surface area contributed by atoms with Crippen molar-refractivity contribution >= 4 is 34.9 Å². The molecule has 0 aliphatic heterocycles. The number of rotatable bonds is 2. The Morgan fingerprint density at radius 1 is 0.833 bits per heavy atom. The van der Waals surface area contributed by atoms with E-state index in [9.17, 15) is 0 Å². The van der Waals surface area contributed by atoms with Crippen LogP contribution in [0.5, 0.6) is 0 Å². The second-order valence-corrected chi connectivity index (χ2v) is 6.80. The zero-order valence-corrected chi connectivity index (χ0v) is 14.3. The summed E-state index contributed by atoms with van der Waals surface area (Å²) in [5, 5.41) is 9.59. The van der Waals surface area contributed by atoms with E-state index < -0.39 is 0 Å². The third-order valence-electron chi connectivity index (χ3n) is 4.36. The van der Waals surface area contributed by atoms with E-state index in [1.54, 1.807) is 0 Å². The van der Waals surface area contributed by atoms with Crippen molar-refractivity contribution in [1.82, 2.24) is 10.3 Å². The van der Waals surface area contributed by atoms with Gasteiger partial charge in [-0.1, -0.05) is 57.8 Å². The first-order chi connectivity index (χ1) is 11.7. The maximum atomic E-state index is 6.02. The van der Waals surface area contributed by atoms with Crippen LogP contribution in [0.3, 0.4) is 0 Å². The van der Waals surface area contributed by atoms with Crippen LogP contribution in [-0.2, 0) is 6.42 Å². The number of hydrogen-bond donors (Lipinski definition) is 0. The summed E-state index contributed by atoms with van der Waals surface area (Å²) in [6, 6.07) is 15.9. The van der Waals surface area contributed by atoms with Crippen LogP contribution in [0.25, 0.3) is 11.6 Å². The van der Waals surface area contributed by atoms with E-state index in [0.717, 1.165) is 39.8 Å². The molecular weight excluding hydrogens is 343 g/mol. The molecule has 0 bridgehead atoms. The molecule has 24 heavy (non-hydrogen) atoms. The van der Waals surface area contributed by atoms with Crippen molar-refractivity contribution in [1.29, 1.82) is 0 Å². The van der Waals surface area contributed by atoms with Gasteiger partial charge in [0.1, 0.15) is 11.4 Å². The maximum absolute atomic E-state index is 6.02. The lowest BCUT2D eigenvalue weighted by Crippen LogP contribution is -2.03. The summed E-state index contributed by atoms with van der Waals surface area (Å²) in [6.45, 7) is 0. The quantitative estimate of drug-likeness (QED) is 0.595. The van der Waals surface area contributed by atoms with E-state index >= 15 is 0 Å². The van der Waals surface area contributed by atoms with E-state index in [1.165, 1.54) is 11.1 Å². The van der Waals surface area contributed by atoms with Crippen molar-refractivity contribution in [3.63, 3.8) is 0 Å². The second-order valence-electron chi connectivity index (χ2n) is 5.93. The van der Waals surface area contributed by atoms with Gasteiger partial charge in [-0.05, 0) is 59.4 Å². The summed E-state index contributed by atoms with van der Waals surface area (Å²) in [6.07, 6.45) is 3.74. The first-order valence-corrected chi connectivity index (χ1v) is 8.48. The molecule has 1 atom stereocenters. The first kappa shape index (κ1) is 15.4. The van der Waals surface area contributed by atoms with Gasteiger partial charge in [0.25, 0.3) is 0 Å². The minimum absolute atomic E-state index is 0.289. The molecule has 0 radical (unpaired) electrons. The van der Waals surface area contributed by atoms with E-state index in [2.05, 4.69) is 28.5 Å². The summed E-state index contributed by atoms with van der Waals surface area (Å²) in [7, 11) is 0. The Morgan fingerprint density at radius 3 is 2.21 bits per heavy atom. The fraction of sp³-hybridized carbons (Fsp3) is 0.158. The Kier molecular flexibility index (Phi) is 4.13. The lowest BCUT2D eigenvalue weighted by Gasteiger charge is -2.17. The van der Waals surface area contributed by atoms with Crippen molar-refractivity contribution in [3.8, 4) is 0 Å². The zero-order valence-electron chi connectivity index (χ0n) is 12.7. The Bertz CT molecular complexity index is 882. The molecule has 1 aromatic heterocycles. The summed E-state index contributed by atoms with van der Waals surface area (Å²) >= 11 is 12.0. The predicted octanol–water partition coefficient (Wildman–Crippen LogP) is 5.65. The molecule has 1 heterocycles. The summed E-state index contributed by atoms with van der Waals surface area (Å²) < 4.78 is 4.94. The van der Waals surface area contributed by atoms with Gasteiger partial charge in [0.05, 0.1) is 0 Å². The van der Waals surface area contributed by atoms with Crippen molar-refractivity contribution < 1.29 is 4.63 Å². The van der Waals surface area contributed by atoms with Crippen molar-refractivity contribution in [2.45, 2.75) is 18.8 Å². The normalized spacial score (nSPS) is 17.1. The number of halogens is 2. The smallest absolute Gasteiger partial charge is 0.131 e. The zero-order chi connectivity index (χ0) is 16.5. The molecule has 1 aliphatic rings. The Balaban J connectivity index is 1.75. The molecule has 1 aliphatic carbocycles. The Hall–Kier alpha value is -2.10. The Labute approximate surface area is 149 Å². The van der Waals surface area contributed by atoms with Gasteiger partial charge in [0, 0.05) is 16.5 Å². The van der Waals surface area contributed by atoms with Crippen LogP contribution in [0, 0.1) is 0 Å². The van der Waals surface area contributed by atoms with Gasteiger partial charge in [-0.3, -0.25) is 0 Å². The Morgan fingerprint density at radius 2 is 1.50 bits per heavy atom. The van der Waals surface area contributed by atoms with Crippen LogP contribution in [-0.4, -0.2) is 10.3 Å². The van der Waals surface area contributed by atoms with Crippen LogP contribution in [0.15, 0.2) is 53.2 Å². The van der Waals surface area contributed by atoms with Gasteiger partial charge >= 0.3 is 0 Å². The summed E-state index contributed by atoms with van der Waals surface area (Å²) in [5.41, 5.74) is 5.25. The molecule has 0 fully saturated rings. The van der Waals surface area contributed by atoms with E-state index in [0.29, 0.717) is 0 Å². The highest BCUT2D eigenvalue weighted by atomic mass is 35.5. The topological polar surface area (TPSA) is 38.9 Å². The highest BCUT2D eigenvalue weighted by Gasteiger charge is 2.23. The van der Waals surface area contributed by atoms with E-state index in [1.807, 2.05) is 36.4 Å². The van der Waals surface area contributed by atoms with Gasteiger partial charge < -0.3 is 0 Å². The standard InChI is InChI=1S/C19H14Cl2N2O/c20-16-5-1-12(2-6-16)14-9-15(13-3-7-17(21)8-4-13)11-19-18(10-14)22-24-23-19/h1-8,10,15H,9,11H2. The molecule has 0 spiro atoms. The molecule has 120 valence electrons. The van der Waals surface area contributed by atoms with Crippen molar-refractivity contribution in [3.05, 3.63) is 81.1 Å². The molecule has 0 N–H and O–H groups in total. The molecule has 0 amide bonds. The number of nitrogens with zero attached hydrogens (tertiary/aromatic N) is 2. The lowest BCUT2D eigenvalue weighted by molar-refractivity contribution is 0.301. The van der Waals surface area contributed by atoms with Gasteiger partial charge in [0.2, 0.25) is 0 Å². The SMILES string of the molecule is Clc1ccc(C2=Cc3nonc3CC(c3ccc(Cl)cc3)C2)cc1. The van der Waals surface area contributed by atoms with Gasteiger partial charge in [-0.2, -0.15) is 0 Å². The number of benzene rings is 2. The third-order valence-corrected chi connectivity index (χ3v) is 4.86. The fourth-order valence-electron chi connectivity index (χ4n) is 3.10. The van der Waals surface area contributed by atoms with Crippen LogP contribution in [0.1, 0.15) is 34.9 Å². The predicted molar refractivity (Wildman–Crippen MR) is 96.1 cm³/mol. The van der Waals surface area contributed by atoms with Crippen molar-refractivity contribution in [2.75, 3.05) is 0 Å². The van der Waals surface area contributed by atoms with Crippen LogP contribution >= 0.6 is 23.2 Å². The lowest BCUT2D eigenvalue weighted by atomic mass is 9.87. The number of aromatic nitrogens is 2. The number of fused-ring (bicyclic) bond motifs is 1. The average Bonchev–Trinajstić information content (AvgIpc) is 2.94. The molecule has 5 heteroatoms. The van der Waals surface area contributed by atoms with Crippen LogP contribution in [0.2, 0.25) is 10.0 Å². The third kappa shape index (κ3) is 3.10. The van der Waals surface area contributed by atoms with E-state index in [-0.39, 0.29) is 5.92 Å². The number of allylic oxidation sites excluding steroid dienone is 1. The molecule has 3 nitrogen and oxygen atoms in total. The largest absolute Gasteiger partial charge is 0.244 e. The van der Waals surface area contributed by atoms with Crippen LogP contribution < -0.4 is 0 Å². The summed E-state index contributed by atoms with van der Waals surface area (Å²) in [5.74, 6) is 0.289. The van der Waals surface area contributed by atoms with Crippen LogP contribution in [0.4, 0.5) is 0 Å². The molecular formula is C19H14Cl2N2O. The minimum atomic E-state index is 0.289.